The molecule has 8 rings (SSSR count). The second-order valence-corrected chi connectivity index (χ2v) is 13.7. The van der Waals surface area contributed by atoms with Crippen molar-refractivity contribution in [1.82, 2.24) is 0 Å². The first kappa shape index (κ1) is 31.2. The number of aryl methyl sites for hydroxylation is 4. The Labute approximate surface area is 283 Å². The van der Waals surface area contributed by atoms with Crippen LogP contribution in [0.3, 0.4) is 0 Å². The maximum absolute atomic E-state index is 6.54. The Kier molecular flexibility index (Phi) is 8.51. The van der Waals surface area contributed by atoms with Crippen LogP contribution < -0.4 is 19.3 Å². The van der Waals surface area contributed by atoms with Crippen LogP contribution in [-0.2, 0) is 18.9 Å². The van der Waals surface area contributed by atoms with E-state index in [4.69, 9.17) is 28.4 Å². The van der Waals surface area contributed by atoms with Crippen LogP contribution in [-0.4, -0.2) is 77.0 Å². The molecule has 4 aromatic rings. The van der Waals surface area contributed by atoms with E-state index < -0.39 is 0 Å². The number of hydrogen-bond donors (Lipinski definition) is 0. The first-order valence-corrected chi connectivity index (χ1v) is 17.1. The third-order valence-electron chi connectivity index (χ3n) is 9.36. The van der Waals surface area contributed by atoms with Gasteiger partial charge in [0.25, 0.3) is 0 Å². The van der Waals surface area contributed by atoms with E-state index in [0.717, 1.165) is 120 Å². The highest BCUT2D eigenvalue weighted by Crippen LogP contribution is 2.38. The minimum absolute atomic E-state index is 0.306. The zero-order valence-electron chi connectivity index (χ0n) is 28.2. The van der Waals surface area contributed by atoms with Gasteiger partial charge in [0.1, 0.15) is 23.0 Å². The Balaban J connectivity index is 0.985. The molecule has 0 radical (unpaired) electrons. The van der Waals surface area contributed by atoms with Crippen molar-refractivity contribution >= 4 is 11.4 Å². The summed E-state index contributed by atoms with van der Waals surface area (Å²) in [5.41, 5.74) is 8.94. The topological polar surface area (TPSA) is 75.1 Å². The predicted octanol–water partition coefficient (Wildman–Crippen LogP) is 7.38. The van der Waals surface area contributed by atoms with Crippen LogP contribution in [0.25, 0.3) is 11.1 Å². The van der Waals surface area contributed by atoms with Gasteiger partial charge in [-0.25, -0.2) is 0 Å². The van der Waals surface area contributed by atoms with Gasteiger partial charge >= 0.3 is 0 Å². The maximum Gasteiger partial charge on any atom is 0.133 e. The summed E-state index contributed by atoms with van der Waals surface area (Å²) in [6.45, 7) is 15.3. The highest BCUT2D eigenvalue weighted by Gasteiger charge is 2.32. The van der Waals surface area contributed by atoms with Crippen molar-refractivity contribution in [2.45, 2.75) is 52.1 Å². The van der Waals surface area contributed by atoms with E-state index in [9.17, 15) is 0 Å². The molecule has 4 fully saturated rings. The number of ether oxygens (including phenoxy) is 6. The standard InChI is InChI=1S/C40H44N2O6/c1-25-11-29(12-26(2)39(25)47-33-9-5-7-31(15-33)41(17-35-21-43-35)18-36-22-44-36)30-13-27(3)40(28(4)14-30)48-34-10-6-8-32(16-34)42(19-37-23-45-37)20-38-24-46-38/h5-16,35-38H,17-24H2,1-4H3. The first-order valence-electron chi connectivity index (χ1n) is 17.1. The van der Waals surface area contributed by atoms with Gasteiger partial charge in [-0.1, -0.05) is 12.1 Å². The molecule has 4 atom stereocenters. The van der Waals surface area contributed by atoms with E-state index in [1.807, 2.05) is 12.1 Å². The van der Waals surface area contributed by atoms with Crippen LogP contribution in [0.1, 0.15) is 22.3 Å². The van der Waals surface area contributed by atoms with Gasteiger partial charge in [0.05, 0.1) is 50.8 Å². The van der Waals surface area contributed by atoms with Crippen LogP contribution in [0, 0.1) is 27.7 Å². The molecule has 4 heterocycles. The fourth-order valence-corrected chi connectivity index (χ4v) is 6.53. The van der Waals surface area contributed by atoms with E-state index in [1.165, 1.54) is 0 Å². The SMILES string of the molecule is Cc1cc(-c2cc(C)c(Oc3cccc(N(CC4CO4)CC4CO4)c3)c(C)c2)cc(C)c1Oc1cccc(N(CC2CO2)CC2CO2)c1. The first-order chi connectivity index (χ1) is 23.3. The maximum atomic E-state index is 6.54. The minimum Gasteiger partial charge on any atom is -0.457 e. The van der Waals surface area contributed by atoms with E-state index in [-0.39, 0.29) is 0 Å². The highest BCUT2D eigenvalue weighted by atomic mass is 16.6. The van der Waals surface area contributed by atoms with Crippen LogP contribution >= 0.6 is 0 Å². The van der Waals surface area contributed by atoms with Gasteiger partial charge in [-0.05, 0) is 110 Å². The molecule has 0 bridgehead atoms. The second kappa shape index (κ2) is 13.1. The summed E-state index contributed by atoms with van der Waals surface area (Å²) in [5, 5.41) is 0. The number of anilines is 2. The van der Waals surface area contributed by atoms with Gasteiger partial charge in [0, 0.05) is 49.7 Å². The molecule has 250 valence electrons. The molecule has 4 aliphatic heterocycles. The Morgan fingerprint density at radius 1 is 0.500 bits per heavy atom. The quantitative estimate of drug-likeness (QED) is 0.124. The van der Waals surface area contributed by atoms with Crippen LogP contribution in [0.5, 0.6) is 23.0 Å². The number of epoxide rings is 4. The van der Waals surface area contributed by atoms with Gasteiger partial charge in [0.15, 0.2) is 0 Å². The average molecular weight is 649 g/mol. The molecule has 8 heteroatoms. The smallest absolute Gasteiger partial charge is 0.133 e. The van der Waals surface area contributed by atoms with Crippen LogP contribution in [0.2, 0.25) is 0 Å². The number of benzene rings is 4. The van der Waals surface area contributed by atoms with E-state index in [2.05, 4.69) is 98.2 Å². The van der Waals surface area contributed by atoms with Gasteiger partial charge in [-0.2, -0.15) is 0 Å². The molecule has 8 nitrogen and oxygen atoms in total. The normalized spacial score (nSPS) is 21.8. The molecule has 0 N–H and O–H groups in total. The molecule has 4 aliphatic rings. The molecule has 4 unspecified atom stereocenters. The lowest BCUT2D eigenvalue weighted by Crippen LogP contribution is -2.31. The summed E-state index contributed by atoms with van der Waals surface area (Å²) in [7, 11) is 0. The second-order valence-electron chi connectivity index (χ2n) is 13.7. The Morgan fingerprint density at radius 3 is 1.10 bits per heavy atom. The third kappa shape index (κ3) is 7.63. The molecule has 0 aliphatic carbocycles. The number of rotatable bonds is 15. The summed E-state index contributed by atoms with van der Waals surface area (Å²) in [6.07, 6.45) is 1.22. The van der Waals surface area contributed by atoms with Gasteiger partial charge in [-0.3, -0.25) is 0 Å². The molecule has 0 amide bonds. The Hall–Kier alpha value is -4.08. The fraction of sp³-hybridized carbons (Fsp3) is 0.400. The third-order valence-corrected chi connectivity index (χ3v) is 9.36. The minimum atomic E-state index is 0.306. The molecule has 48 heavy (non-hydrogen) atoms. The monoisotopic (exact) mass is 648 g/mol. The Bertz CT molecular complexity index is 1590. The van der Waals surface area contributed by atoms with E-state index >= 15 is 0 Å². The lowest BCUT2D eigenvalue weighted by atomic mass is 9.96. The van der Waals surface area contributed by atoms with E-state index in [1.54, 1.807) is 0 Å². The summed E-state index contributed by atoms with van der Waals surface area (Å²) >= 11 is 0. The van der Waals surface area contributed by atoms with Crippen molar-refractivity contribution < 1.29 is 28.4 Å². The predicted molar refractivity (Wildman–Crippen MR) is 187 cm³/mol. The summed E-state index contributed by atoms with van der Waals surface area (Å²) in [6, 6.07) is 25.6. The van der Waals surface area contributed by atoms with Gasteiger partial charge in [0.2, 0.25) is 0 Å². The molecule has 4 saturated heterocycles. The molecule has 0 aromatic heterocycles. The largest absolute Gasteiger partial charge is 0.457 e. The van der Waals surface area contributed by atoms with Crippen molar-refractivity contribution in [3.05, 3.63) is 95.1 Å². The molecular weight excluding hydrogens is 604 g/mol. The van der Waals surface area contributed by atoms with Crippen LogP contribution in [0.15, 0.2) is 72.8 Å². The lowest BCUT2D eigenvalue weighted by Gasteiger charge is -2.24. The summed E-state index contributed by atoms with van der Waals surface area (Å²) in [5.74, 6) is 3.43. The zero-order chi connectivity index (χ0) is 32.8. The van der Waals surface area contributed by atoms with Crippen molar-refractivity contribution in [2.24, 2.45) is 0 Å². The molecular formula is C40H44N2O6. The zero-order valence-corrected chi connectivity index (χ0v) is 28.2. The average Bonchev–Trinajstić information content (AvgIpc) is 3.88. The van der Waals surface area contributed by atoms with Crippen molar-refractivity contribution in [2.75, 3.05) is 62.4 Å². The number of hydrogen-bond acceptors (Lipinski definition) is 8. The summed E-state index contributed by atoms with van der Waals surface area (Å²) in [4.78, 5) is 4.70. The number of nitrogens with zero attached hydrogens (tertiary/aromatic N) is 2. The molecule has 4 aromatic carbocycles. The van der Waals surface area contributed by atoms with Gasteiger partial charge < -0.3 is 38.2 Å². The highest BCUT2D eigenvalue weighted by molar-refractivity contribution is 5.71. The van der Waals surface area contributed by atoms with Crippen molar-refractivity contribution in [3.8, 4) is 34.1 Å². The van der Waals surface area contributed by atoms with Gasteiger partial charge in [-0.15, -0.1) is 0 Å². The molecule has 0 spiro atoms. The van der Waals surface area contributed by atoms with Crippen molar-refractivity contribution in [3.63, 3.8) is 0 Å². The lowest BCUT2D eigenvalue weighted by molar-refractivity contribution is 0.388. The fourth-order valence-electron chi connectivity index (χ4n) is 6.53. The summed E-state index contributed by atoms with van der Waals surface area (Å²) < 4.78 is 35.2. The molecule has 0 saturated carbocycles. The van der Waals surface area contributed by atoms with Crippen molar-refractivity contribution in [1.29, 1.82) is 0 Å². The van der Waals surface area contributed by atoms with Crippen LogP contribution in [0.4, 0.5) is 11.4 Å². The Morgan fingerprint density at radius 2 is 0.812 bits per heavy atom. The van der Waals surface area contributed by atoms with E-state index in [0.29, 0.717) is 24.4 Å².